The number of hydrogen-bond donors (Lipinski definition) is 2. The van der Waals surface area contributed by atoms with Crippen LogP contribution in [0, 0.1) is 0 Å². The monoisotopic (exact) mass is 272 g/mol. The van der Waals surface area contributed by atoms with Gasteiger partial charge in [-0.1, -0.05) is 18.2 Å². The first-order valence-corrected chi connectivity index (χ1v) is 7.25. The van der Waals surface area contributed by atoms with Gasteiger partial charge in [-0.25, -0.2) is 0 Å². The summed E-state index contributed by atoms with van der Waals surface area (Å²) in [5.74, 6) is 0.139. The number of aryl methyl sites for hydroxylation is 1. The maximum atomic E-state index is 11.8. The lowest BCUT2D eigenvalue weighted by atomic mass is 10.1. The number of benzene rings is 1. The van der Waals surface area contributed by atoms with Crippen molar-refractivity contribution < 1.29 is 9.53 Å². The summed E-state index contributed by atoms with van der Waals surface area (Å²) in [5.41, 5.74) is 2.45. The molecule has 0 saturated carbocycles. The van der Waals surface area contributed by atoms with E-state index in [1.54, 1.807) is 0 Å². The Morgan fingerprint density at radius 3 is 3.15 bits per heavy atom. The van der Waals surface area contributed by atoms with E-state index in [2.05, 4.69) is 22.4 Å². The fraction of sp³-hybridized carbons (Fsp3) is 0.438. The predicted molar refractivity (Wildman–Crippen MR) is 78.6 cm³/mol. The molecule has 1 saturated heterocycles. The molecule has 2 aromatic rings. The number of nitrogens with one attached hydrogen (secondary N) is 2. The zero-order valence-corrected chi connectivity index (χ0v) is 11.5. The van der Waals surface area contributed by atoms with Crippen molar-refractivity contribution in [3.05, 3.63) is 36.0 Å². The lowest BCUT2D eigenvalue weighted by molar-refractivity contribution is -0.121. The van der Waals surface area contributed by atoms with Gasteiger partial charge in [0, 0.05) is 30.1 Å². The molecule has 2 heterocycles. The van der Waals surface area contributed by atoms with Crippen LogP contribution in [0.2, 0.25) is 0 Å². The number of ether oxygens (including phenoxy) is 1. The molecule has 2 N–H and O–H groups in total. The largest absolute Gasteiger partial charge is 0.379 e. The molecule has 0 aliphatic carbocycles. The number of rotatable bonds is 5. The van der Waals surface area contributed by atoms with Gasteiger partial charge >= 0.3 is 0 Å². The molecule has 1 unspecified atom stereocenters. The summed E-state index contributed by atoms with van der Waals surface area (Å²) < 4.78 is 5.25. The van der Waals surface area contributed by atoms with E-state index in [0.29, 0.717) is 13.0 Å². The minimum absolute atomic E-state index is 0.139. The van der Waals surface area contributed by atoms with Gasteiger partial charge in [-0.15, -0.1) is 0 Å². The van der Waals surface area contributed by atoms with Crippen LogP contribution >= 0.6 is 0 Å². The Bertz CT molecular complexity index is 585. The van der Waals surface area contributed by atoms with Crippen molar-refractivity contribution in [2.75, 3.05) is 13.2 Å². The second kappa shape index (κ2) is 6.09. The molecule has 3 rings (SSSR count). The van der Waals surface area contributed by atoms with Crippen molar-refractivity contribution in [3.63, 3.8) is 0 Å². The zero-order chi connectivity index (χ0) is 13.8. The molecular formula is C16H20N2O2. The maximum Gasteiger partial charge on any atom is 0.220 e. The second-order valence-corrected chi connectivity index (χ2v) is 5.34. The molecule has 4 heteroatoms. The van der Waals surface area contributed by atoms with Crippen LogP contribution in [0.5, 0.6) is 0 Å². The number of aromatic amines is 1. The van der Waals surface area contributed by atoms with Gasteiger partial charge in [0.1, 0.15) is 0 Å². The summed E-state index contributed by atoms with van der Waals surface area (Å²) in [4.78, 5) is 15.1. The van der Waals surface area contributed by atoms with Gasteiger partial charge in [0.05, 0.1) is 12.6 Å². The van der Waals surface area contributed by atoms with Crippen molar-refractivity contribution in [3.8, 4) is 0 Å². The highest BCUT2D eigenvalue weighted by Gasteiger charge is 2.17. The van der Waals surface area contributed by atoms with E-state index in [1.165, 1.54) is 10.9 Å². The molecule has 0 spiro atoms. The standard InChI is InChI=1S/C16H20N2O2/c19-16(18-13-8-9-20-11-13)7-3-4-12-10-17-15-6-2-1-5-14(12)15/h1-2,5-6,10,13,17H,3-4,7-9,11H2,(H,18,19). The van der Waals surface area contributed by atoms with Crippen molar-refractivity contribution >= 4 is 16.8 Å². The van der Waals surface area contributed by atoms with Crippen LogP contribution < -0.4 is 5.32 Å². The number of amides is 1. The van der Waals surface area contributed by atoms with Crippen LogP contribution in [0.4, 0.5) is 0 Å². The Balaban J connectivity index is 1.48. The first-order valence-electron chi connectivity index (χ1n) is 7.25. The van der Waals surface area contributed by atoms with Crippen LogP contribution in [0.15, 0.2) is 30.5 Å². The molecule has 1 aromatic carbocycles. The predicted octanol–water partition coefficient (Wildman–Crippen LogP) is 2.40. The summed E-state index contributed by atoms with van der Waals surface area (Å²) >= 11 is 0. The average molecular weight is 272 g/mol. The molecule has 1 aliphatic rings. The minimum atomic E-state index is 0.139. The van der Waals surface area contributed by atoms with E-state index in [1.807, 2.05) is 18.3 Å². The van der Waals surface area contributed by atoms with E-state index in [4.69, 9.17) is 4.74 Å². The van der Waals surface area contributed by atoms with Gasteiger partial charge in [0.15, 0.2) is 0 Å². The zero-order valence-electron chi connectivity index (χ0n) is 11.5. The van der Waals surface area contributed by atoms with Crippen LogP contribution in [-0.4, -0.2) is 30.1 Å². The number of carbonyl (C=O) groups is 1. The molecule has 106 valence electrons. The first-order chi connectivity index (χ1) is 9.83. The van der Waals surface area contributed by atoms with Gasteiger partial charge in [-0.2, -0.15) is 0 Å². The highest BCUT2D eigenvalue weighted by atomic mass is 16.5. The fourth-order valence-electron chi connectivity index (χ4n) is 2.73. The second-order valence-electron chi connectivity index (χ2n) is 5.34. The van der Waals surface area contributed by atoms with E-state index < -0.39 is 0 Å². The Morgan fingerprint density at radius 2 is 2.30 bits per heavy atom. The van der Waals surface area contributed by atoms with Crippen LogP contribution in [0.3, 0.4) is 0 Å². The normalized spacial score (nSPS) is 18.5. The van der Waals surface area contributed by atoms with E-state index in [-0.39, 0.29) is 11.9 Å². The Morgan fingerprint density at radius 1 is 1.40 bits per heavy atom. The van der Waals surface area contributed by atoms with Gasteiger partial charge in [0.2, 0.25) is 5.91 Å². The maximum absolute atomic E-state index is 11.8. The summed E-state index contributed by atoms with van der Waals surface area (Å²) in [6.07, 6.45) is 5.37. The summed E-state index contributed by atoms with van der Waals surface area (Å²) in [5, 5.41) is 4.29. The van der Waals surface area contributed by atoms with Gasteiger partial charge in [0.25, 0.3) is 0 Å². The fourth-order valence-corrected chi connectivity index (χ4v) is 2.73. The average Bonchev–Trinajstić information content (AvgIpc) is 3.09. The Kier molecular flexibility index (Phi) is 4.02. The number of hydrogen-bond acceptors (Lipinski definition) is 2. The molecule has 1 amide bonds. The van der Waals surface area contributed by atoms with Crippen LogP contribution in [0.25, 0.3) is 10.9 Å². The molecule has 1 aromatic heterocycles. The summed E-state index contributed by atoms with van der Waals surface area (Å²) in [6, 6.07) is 8.49. The molecule has 0 bridgehead atoms. The van der Waals surface area contributed by atoms with Crippen molar-refractivity contribution in [1.29, 1.82) is 0 Å². The lowest BCUT2D eigenvalue weighted by Gasteiger charge is -2.10. The highest BCUT2D eigenvalue weighted by molar-refractivity contribution is 5.83. The smallest absolute Gasteiger partial charge is 0.220 e. The lowest BCUT2D eigenvalue weighted by Crippen LogP contribution is -2.34. The van der Waals surface area contributed by atoms with Crippen LogP contribution in [-0.2, 0) is 16.0 Å². The number of carbonyl (C=O) groups excluding carboxylic acids is 1. The molecule has 1 aliphatic heterocycles. The van der Waals surface area contributed by atoms with E-state index >= 15 is 0 Å². The highest BCUT2D eigenvalue weighted by Crippen LogP contribution is 2.19. The van der Waals surface area contributed by atoms with E-state index in [9.17, 15) is 4.79 Å². The minimum Gasteiger partial charge on any atom is -0.379 e. The van der Waals surface area contributed by atoms with Gasteiger partial charge in [-0.05, 0) is 30.9 Å². The topological polar surface area (TPSA) is 54.1 Å². The number of aromatic nitrogens is 1. The molecular weight excluding hydrogens is 252 g/mol. The summed E-state index contributed by atoms with van der Waals surface area (Å²) in [6.45, 7) is 1.43. The third kappa shape index (κ3) is 3.02. The summed E-state index contributed by atoms with van der Waals surface area (Å²) in [7, 11) is 0. The van der Waals surface area contributed by atoms with Crippen molar-refractivity contribution in [2.45, 2.75) is 31.7 Å². The number of H-pyrrole nitrogens is 1. The third-order valence-corrected chi connectivity index (χ3v) is 3.82. The van der Waals surface area contributed by atoms with Gasteiger partial charge in [-0.3, -0.25) is 4.79 Å². The van der Waals surface area contributed by atoms with Gasteiger partial charge < -0.3 is 15.0 Å². The first kappa shape index (κ1) is 13.2. The van der Waals surface area contributed by atoms with Crippen LogP contribution in [0.1, 0.15) is 24.8 Å². The quantitative estimate of drug-likeness (QED) is 0.878. The third-order valence-electron chi connectivity index (χ3n) is 3.82. The Hall–Kier alpha value is -1.81. The molecule has 1 atom stereocenters. The molecule has 0 radical (unpaired) electrons. The number of para-hydroxylation sites is 1. The van der Waals surface area contributed by atoms with Crippen molar-refractivity contribution in [2.24, 2.45) is 0 Å². The van der Waals surface area contributed by atoms with E-state index in [0.717, 1.165) is 31.4 Å². The SMILES string of the molecule is O=C(CCCc1c[nH]c2ccccc12)NC1CCOC1. The van der Waals surface area contributed by atoms with Crippen molar-refractivity contribution in [1.82, 2.24) is 10.3 Å². The molecule has 4 nitrogen and oxygen atoms in total. The Labute approximate surface area is 118 Å². The molecule has 1 fully saturated rings. The molecule has 20 heavy (non-hydrogen) atoms. The number of fused-ring (bicyclic) bond motifs is 1.